The molecule has 0 spiro atoms. The van der Waals surface area contributed by atoms with Crippen LogP contribution in [0.2, 0.25) is 0 Å². The number of aliphatic imine (C=N–C) groups is 1. The van der Waals surface area contributed by atoms with E-state index in [1.54, 1.807) is 6.20 Å². The summed E-state index contributed by atoms with van der Waals surface area (Å²) in [6.07, 6.45) is 6.53. The van der Waals surface area contributed by atoms with Crippen LogP contribution < -0.4 is 15.8 Å². The molecule has 1 aromatic carbocycles. The topological polar surface area (TPSA) is 101 Å². The number of fused-ring (bicyclic) bond motifs is 3. The van der Waals surface area contributed by atoms with E-state index in [4.69, 9.17) is 10.5 Å². The Hall–Kier alpha value is -3.09. The molecule has 4 N–H and O–H groups in total. The number of H-pyrrole nitrogens is 1. The second-order valence-corrected chi connectivity index (χ2v) is 6.73. The van der Waals surface area contributed by atoms with Crippen molar-refractivity contribution in [3.8, 4) is 5.75 Å². The molecule has 7 nitrogen and oxygen atoms in total. The van der Waals surface area contributed by atoms with Crippen molar-refractivity contribution in [1.82, 2.24) is 15.0 Å². The number of benzene rings is 1. The predicted octanol–water partition coefficient (Wildman–Crippen LogP) is 3.17. The van der Waals surface area contributed by atoms with Crippen LogP contribution in [0, 0.1) is 0 Å². The van der Waals surface area contributed by atoms with Crippen LogP contribution in [0.15, 0.2) is 35.5 Å². The third-order valence-electron chi connectivity index (χ3n) is 4.73. The maximum absolute atomic E-state index is 6.00. The molecular weight excluding hydrogens is 340 g/mol. The molecule has 1 aliphatic heterocycles. The summed E-state index contributed by atoms with van der Waals surface area (Å²) < 4.78 is 6.00. The van der Waals surface area contributed by atoms with E-state index >= 15 is 0 Å². The third kappa shape index (κ3) is 3.72. The van der Waals surface area contributed by atoms with Crippen LogP contribution in [-0.4, -0.2) is 40.4 Å². The Morgan fingerprint density at radius 3 is 3.11 bits per heavy atom. The van der Waals surface area contributed by atoms with E-state index in [1.807, 2.05) is 12.3 Å². The van der Waals surface area contributed by atoms with Crippen molar-refractivity contribution in [3.63, 3.8) is 0 Å². The maximum Gasteiger partial charge on any atom is 0.222 e. The molecule has 3 heterocycles. The Labute approximate surface area is 158 Å². The number of para-hydroxylation sites is 1. The van der Waals surface area contributed by atoms with Crippen LogP contribution >= 0.6 is 0 Å². The van der Waals surface area contributed by atoms with E-state index in [1.165, 1.54) is 10.9 Å². The molecule has 0 saturated carbocycles. The zero-order valence-corrected chi connectivity index (χ0v) is 15.4. The zero-order chi connectivity index (χ0) is 18.6. The molecule has 27 heavy (non-hydrogen) atoms. The SMILES string of the molecule is CCCCNc1nc(N)ncc1OCC1Cc2c([nH]c3ccccc23)C=N1. The van der Waals surface area contributed by atoms with Gasteiger partial charge in [-0.1, -0.05) is 31.5 Å². The lowest BCUT2D eigenvalue weighted by atomic mass is 10.0. The van der Waals surface area contributed by atoms with Crippen LogP contribution in [0.25, 0.3) is 10.9 Å². The Morgan fingerprint density at radius 1 is 1.33 bits per heavy atom. The van der Waals surface area contributed by atoms with E-state index in [-0.39, 0.29) is 12.0 Å². The number of hydrogen-bond acceptors (Lipinski definition) is 6. The Balaban J connectivity index is 1.45. The zero-order valence-electron chi connectivity index (χ0n) is 15.4. The second-order valence-electron chi connectivity index (χ2n) is 6.73. The highest BCUT2D eigenvalue weighted by molar-refractivity contribution is 5.94. The van der Waals surface area contributed by atoms with Gasteiger partial charge in [-0.2, -0.15) is 4.98 Å². The fourth-order valence-electron chi connectivity index (χ4n) is 3.31. The normalized spacial score (nSPS) is 15.7. The number of ether oxygens (including phenoxy) is 1. The van der Waals surface area contributed by atoms with Crippen molar-refractivity contribution in [2.45, 2.75) is 32.2 Å². The highest BCUT2D eigenvalue weighted by atomic mass is 16.5. The van der Waals surface area contributed by atoms with Gasteiger partial charge in [0.15, 0.2) is 11.6 Å². The molecule has 0 fully saturated rings. The first-order valence-corrected chi connectivity index (χ1v) is 9.36. The molecule has 140 valence electrons. The minimum absolute atomic E-state index is 0.0535. The number of nitrogens with two attached hydrogens (primary N) is 1. The summed E-state index contributed by atoms with van der Waals surface area (Å²) in [6, 6.07) is 8.39. The van der Waals surface area contributed by atoms with Gasteiger partial charge < -0.3 is 20.8 Å². The Morgan fingerprint density at radius 2 is 2.22 bits per heavy atom. The van der Waals surface area contributed by atoms with Gasteiger partial charge in [0, 0.05) is 30.1 Å². The van der Waals surface area contributed by atoms with E-state index in [2.05, 4.69) is 50.4 Å². The van der Waals surface area contributed by atoms with E-state index in [9.17, 15) is 0 Å². The molecule has 1 unspecified atom stereocenters. The standard InChI is InChI=1S/C20H24N6O/c1-2-3-8-22-19-18(11-24-20(21)26-19)27-12-13-9-15-14-6-4-5-7-16(14)25-17(15)10-23-13/h4-7,10-11,13,25H,2-3,8-9,12H2,1H3,(H3,21,22,24,26). The molecule has 0 bridgehead atoms. The Kier molecular flexibility index (Phi) is 4.91. The number of anilines is 2. The molecule has 7 heteroatoms. The first kappa shape index (κ1) is 17.3. The van der Waals surface area contributed by atoms with Crippen molar-refractivity contribution < 1.29 is 4.74 Å². The first-order valence-electron chi connectivity index (χ1n) is 9.36. The van der Waals surface area contributed by atoms with Gasteiger partial charge in [0.25, 0.3) is 0 Å². The molecule has 1 atom stereocenters. The lowest BCUT2D eigenvalue weighted by Gasteiger charge is -2.18. The van der Waals surface area contributed by atoms with Gasteiger partial charge in [-0.25, -0.2) is 4.98 Å². The van der Waals surface area contributed by atoms with Gasteiger partial charge in [0.2, 0.25) is 5.95 Å². The number of aromatic nitrogens is 3. The Bertz CT molecular complexity index is 964. The summed E-state index contributed by atoms with van der Waals surface area (Å²) in [5, 5.41) is 4.53. The fourth-order valence-corrected chi connectivity index (χ4v) is 3.31. The molecule has 0 aliphatic carbocycles. The number of rotatable bonds is 7. The number of hydrogen-bond donors (Lipinski definition) is 3. The van der Waals surface area contributed by atoms with Crippen molar-refractivity contribution in [2.24, 2.45) is 4.99 Å². The number of nitrogens with one attached hydrogen (secondary N) is 2. The van der Waals surface area contributed by atoms with Crippen molar-refractivity contribution in [3.05, 3.63) is 41.7 Å². The van der Waals surface area contributed by atoms with Gasteiger partial charge >= 0.3 is 0 Å². The van der Waals surface area contributed by atoms with Crippen molar-refractivity contribution in [1.29, 1.82) is 0 Å². The van der Waals surface area contributed by atoms with Crippen molar-refractivity contribution in [2.75, 3.05) is 24.2 Å². The average molecular weight is 364 g/mol. The monoisotopic (exact) mass is 364 g/mol. The highest BCUT2D eigenvalue weighted by Gasteiger charge is 2.20. The highest BCUT2D eigenvalue weighted by Crippen LogP contribution is 2.27. The summed E-state index contributed by atoms with van der Waals surface area (Å²) in [7, 11) is 0. The third-order valence-corrected chi connectivity index (χ3v) is 4.73. The van der Waals surface area contributed by atoms with E-state index in [0.29, 0.717) is 18.2 Å². The average Bonchev–Trinajstić information content (AvgIpc) is 3.05. The lowest BCUT2D eigenvalue weighted by molar-refractivity contribution is 0.287. The number of nitrogens with zero attached hydrogens (tertiary/aromatic N) is 3. The molecule has 2 aromatic heterocycles. The molecule has 0 amide bonds. The molecule has 0 radical (unpaired) electrons. The minimum Gasteiger partial charge on any atom is -0.486 e. The summed E-state index contributed by atoms with van der Waals surface area (Å²) in [6.45, 7) is 3.43. The second kappa shape index (κ2) is 7.65. The summed E-state index contributed by atoms with van der Waals surface area (Å²) in [4.78, 5) is 16.4. The number of aromatic amines is 1. The minimum atomic E-state index is 0.0535. The molecule has 4 rings (SSSR count). The lowest BCUT2D eigenvalue weighted by Crippen LogP contribution is -2.23. The predicted molar refractivity (Wildman–Crippen MR) is 109 cm³/mol. The first-order chi connectivity index (χ1) is 13.2. The summed E-state index contributed by atoms with van der Waals surface area (Å²) >= 11 is 0. The van der Waals surface area contributed by atoms with Gasteiger partial charge in [-0.3, -0.25) is 4.99 Å². The maximum atomic E-state index is 6.00. The fraction of sp³-hybridized carbons (Fsp3) is 0.350. The van der Waals surface area contributed by atoms with Crippen LogP contribution in [0.3, 0.4) is 0 Å². The van der Waals surface area contributed by atoms with Crippen LogP contribution in [0.4, 0.5) is 11.8 Å². The smallest absolute Gasteiger partial charge is 0.222 e. The van der Waals surface area contributed by atoms with Gasteiger partial charge in [-0.15, -0.1) is 0 Å². The van der Waals surface area contributed by atoms with Gasteiger partial charge in [0.1, 0.15) is 6.61 Å². The molecular formula is C20H24N6O. The van der Waals surface area contributed by atoms with E-state index < -0.39 is 0 Å². The van der Waals surface area contributed by atoms with Crippen molar-refractivity contribution >= 4 is 28.9 Å². The van der Waals surface area contributed by atoms with Crippen LogP contribution in [0.5, 0.6) is 5.75 Å². The summed E-state index contributed by atoms with van der Waals surface area (Å²) in [5.74, 6) is 1.49. The number of unbranched alkanes of at least 4 members (excludes halogenated alkanes) is 1. The van der Waals surface area contributed by atoms with E-state index in [0.717, 1.165) is 37.0 Å². The summed E-state index contributed by atoms with van der Waals surface area (Å²) in [5.41, 5.74) is 9.25. The van der Waals surface area contributed by atoms with Crippen LogP contribution in [0.1, 0.15) is 31.0 Å². The van der Waals surface area contributed by atoms with Gasteiger partial charge in [-0.05, 0) is 18.1 Å². The van der Waals surface area contributed by atoms with Gasteiger partial charge in [0.05, 0.1) is 17.9 Å². The molecule has 1 aliphatic rings. The number of nitrogen functional groups attached to an aromatic ring is 1. The molecule has 0 saturated heterocycles. The molecule has 3 aromatic rings. The largest absolute Gasteiger partial charge is 0.486 e. The van der Waals surface area contributed by atoms with Crippen LogP contribution in [-0.2, 0) is 6.42 Å². The quantitative estimate of drug-likeness (QED) is 0.559.